The summed E-state index contributed by atoms with van der Waals surface area (Å²) in [4.78, 5) is 0. The van der Waals surface area contributed by atoms with E-state index in [0.29, 0.717) is 35.8 Å². The highest BCUT2D eigenvalue weighted by Gasteiger charge is 2.62. The van der Waals surface area contributed by atoms with Crippen LogP contribution in [-0.4, -0.2) is 31.2 Å². The maximum absolute atomic E-state index is 12.2. The number of fused-ring (bicyclic) bond motifs is 5. The quantitative estimate of drug-likeness (QED) is 0.473. The Morgan fingerprint density at radius 1 is 1.08 bits per heavy atom. The average molecular weight is 496 g/mol. The summed E-state index contributed by atoms with van der Waals surface area (Å²) in [5.74, 6) is 3.11. The number of rotatable bonds is 6. The van der Waals surface area contributed by atoms with E-state index in [1.54, 1.807) is 17.1 Å². The van der Waals surface area contributed by atoms with Gasteiger partial charge in [0.1, 0.15) is 6.07 Å². The molecule has 0 saturated heterocycles. The van der Waals surface area contributed by atoms with Gasteiger partial charge in [0.2, 0.25) is 0 Å². The Morgan fingerprint density at radius 2 is 1.86 bits per heavy atom. The van der Waals surface area contributed by atoms with Crippen LogP contribution < -0.4 is 0 Å². The molecule has 0 unspecified atom stereocenters. The maximum Gasteiger partial charge on any atom is 0.102 e. The number of aliphatic hydroxyl groups is 2. The van der Waals surface area contributed by atoms with E-state index in [1.165, 1.54) is 44.9 Å². The fourth-order valence-corrected chi connectivity index (χ4v) is 10.3. The van der Waals surface area contributed by atoms with E-state index in [9.17, 15) is 15.5 Å². The summed E-state index contributed by atoms with van der Waals surface area (Å²) < 4.78 is 1.80. The lowest BCUT2D eigenvalue weighted by atomic mass is 9.40. The summed E-state index contributed by atoms with van der Waals surface area (Å²) in [5.41, 5.74) is -0.163. The van der Waals surface area contributed by atoms with E-state index in [0.717, 1.165) is 43.9 Å². The van der Waals surface area contributed by atoms with Crippen molar-refractivity contribution in [3.05, 3.63) is 18.0 Å². The second kappa shape index (κ2) is 9.42. The SMILES string of the molecule is CCC[C@@]1(O)CC[C@@]2(C)[C@H](CC[C@@H]3[C@@H]2CC[C@]2(C)[C@@H]([C@](O)(CC)Cn4cc(C#N)cn4)CCC[C@@H]32)C1. The monoisotopic (exact) mass is 495 g/mol. The largest absolute Gasteiger partial charge is 0.390 e. The third kappa shape index (κ3) is 4.15. The second-order valence-electron chi connectivity index (χ2n) is 13.9. The lowest BCUT2D eigenvalue weighted by Gasteiger charge is -2.66. The molecule has 0 aromatic carbocycles. The Balaban J connectivity index is 1.38. The van der Waals surface area contributed by atoms with Crippen molar-refractivity contribution in [3.63, 3.8) is 0 Å². The Bertz CT molecular complexity index is 985. The lowest BCUT2D eigenvalue weighted by molar-refractivity contribution is -0.196. The van der Waals surface area contributed by atoms with Gasteiger partial charge in [-0.3, -0.25) is 4.68 Å². The minimum Gasteiger partial charge on any atom is -0.390 e. The molecular weight excluding hydrogens is 446 g/mol. The molecule has 2 N–H and O–H groups in total. The Labute approximate surface area is 218 Å². The molecule has 4 saturated carbocycles. The van der Waals surface area contributed by atoms with E-state index < -0.39 is 11.2 Å². The first-order valence-corrected chi connectivity index (χ1v) is 15.0. The third-order valence-corrected chi connectivity index (χ3v) is 12.2. The van der Waals surface area contributed by atoms with Crippen molar-refractivity contribution in [1.82, 2.24) is 9.78 Å². The van der Waals surface area contributed by atoms with Crippen LogP contribution in [0.15, 0.2) is 12.4 Å². The van der Waals surface area contributed by atoms with Crippen molar-refractivity contribution < 1.29 is 10.2 Å². The van der Waals surface area contributed by atoms with E-state index in [-0.39, 0.29) is 11.3 Å². The van der Waals surface area contributed by atoms with Gasteiger partial charge in [-0.15, -0.1) is 0 Å². The van der Waals surface area contributed by atoms with Crippen LogP contribution in [0.25, 0.3) is 0 Å². The van der Waals surface area contributed by atoms with Gasteiger partial charge in [0.25, 0.3) is 0 Å². The van der Waals surface area contributed by atoms with Crippen LogP contribution in [0.5, 0.6) is 0 Å². The molecule has 5 rings (SSSR count). The molecule has 5 nitrogen and oxygen atoms in total. The van der Waals surface area contributed by atoms with E-state index >= 15 is 0 Å². The number of aromatic nitrogens is 2. The smallest absolute Gasteiger partial charge is 0.102 e. The zero-order valence-corrected chi connectivity index (χ0v) is 23.2. The van der Waals surface area contributed by atoms with Gasteiger partial charge < -0.3 is 10.2 Å². The predicted molar refractivity (Wildman–Crippen MR) is 142 cm³/mol. The summed E-state index contributed by atoms with van der Waals surface area (Å²) >= 11 is 0. The van der Waals surface area contributed by atoms with Gasteiger partial charge in [-0.25, -0.2) is 0 Å². The molecule has 9 atom stereocenters. The topological polar surface area (TPSA) is 82.1 Å². The van der Waals surface area contributed by atoms with Gasteiger partial charge >= 0.3 is 0 Å². The molecule has 0 amide bonds. The standard InChI is InChI=1S/C31H49N3O2/c1-5-13-30(35)16-15-28(3)23(17-30)10-11-24-25-8-7-9-27(29(25,4)14-12-26(24)28)31(36,6-2)21-34-20-22(18-32)19-33-34/h19-20,23-27,35-36H,5-17,21H2,1-4H3/t23-,24+,25+,26+,27+,28+,29+,30-,31+/m1/s1. The summed E-state index contributed by atoms with van der Waals surface area (Å²) in [6, 6.07) is 2.17. The van der Waals surface area contributed by atoms with E-state index in [2.05, 4.69) is 38.9 Å². The van der Waals surface area contributed by atoms with Crippen molar-refractivity contribution in [2.24, 2.45) is 40.4 Å². The second-order valence-corrected chi connectivity index (χ2v) is 13.9. The van der Waals surface area contributed by atoms with Gasteiger partial charge in [0, 0.05) is 6.20 Å². The fourth-order valence-electron chi connectivity index (χ4n) is 10.3. The molecular formula is C31H49N3O2. The summed E-state index contributed by atoms with van der Waals surface area (Å²) in [7, 11) is 0. The highest BCUT2D eigenvalue weighted by molar-refractivity contribution is 5.22. The molecule has 4 aliphatic rings. The first-order chi connectivity index (χ1) is 17.1. The van der Waals surface area contributed by atoms with Crippen molar-refractivity contribution in [2.45, 2.75) is 129 Å². The van der Waals surface area contributed by atoms with Crippen molar-refractivity contribution in [3.8, 4) is 6.07 Å². The molecule has 1 aromatic heterocycles. The van der Waals surface area contributed by atoms with E-state index in [1.807, 2.05) is 0 Å². The molecule has 1 aromatic rings. The minimum absolute atomic E-state index is 0.149. The van der Waals surface area contributed by atoms with Crippen molar-refractivity contribution in [1.29, 1.82) is 5.26 Å². The number of hydrogen-bond acceptors (Lipinski definition) is 4. The summed E-state index contributed by atoms with van der Waals surface area (Å²) in [6.45, 7) is 9.89. The van der Waals surface area contributed by atoms with Gasteiger partial charge in [-0.2, -0.15) is 10.4 Å². The van der Waals surface area contributed by atoms with Crippen LogP contribution in [0.1, 0.15) is 117 Å². The number of nitriles is 1. The first kappa shape index (κ1) is 26.2. The van der Waals surface area contributed by atoms with Gasteiger partial charge in [-0.1, -0.05) is 40.5 Å². The highest BCUT2D eigenvalue weighted by Crippen LogP contribution is 2.68. The molecule has 0 bridgehead atoms. The lowest BCUT2D eigenvalue weighted by Crippen LogP contribution is -2.61. The summed E-state index contributed by atoms with van der Waals surface area (Å²) in [5, 5.41) is 37.1. The minimum atomic E-state index is -0.804. The van der Waals surface area contributed by atoms with Crippen molar-refractivity contribution >= 4 is 0 Å². The fraction of sp³-hybridized carbons (Fsp3) is 0.871. The molecule has 36 heavy (non-hydrogen) atoms. The van der Waals surface area contributed by atoms with Crippen molar-refractivity contribution in [2.75, 3.05) is 0 Å². The van der Waals surface area contributed by atoms with Crippen LogP contribution in [0.2, 0.25) is 0 Å². The zero-order chi connectivity index (χ0) is 25.8. The van der Waals surface area contributed by atoms with Gasteiger partial charge in [0.15, 0.2) is 0 Å². The molecule has 0 aliphatic heterocycles. The molecule has 4 aliphatic carbocycles. The average Bonchev–Trinajstić information content (AvgIpc) is 3.31. The predicted octanol–water partition coefficient (Wildman–Crippen LogP) is 6.48. The normalized spacial score (nSPS) is 44.0. The van der Waals surface area contributed by atoms with E-state index in [4.69, 9.17) is 0 Å². The Morgan fingerprint density at radius 3 is 2.56 bits per heavy atom. The first-order valence-electron chi connectivity index (χ1n) is 15.0. The Kier molecular flexibility index (Phi) is 6.87. The molecule has 0 spiro atoms. The Hall–Kier alpha value is -1.38. The van der Waals surface area contributed by atoms with Crippen LogP contribution in [0, 0.1) is 51.8 Å². The third-order valence-electron chi connectivity index (χ3n) is 12.2. The number of hydrogen-bond donors (Lipinski definition) is 2. The van der Waals surface area contributed by atoms with Crippen LogP contribution >= 0.6 is 0 Å². The molecule has 1 heterocycles. The highest BCUT2D eigenvalue weighted by atomic mass is 16.3. The van der Waals surface area contributed by atoms with Crippen LogP contribution in [0.3, 0.4) is 0 Å². The molecule has 0 radical (unpaired) electrons. The number of nitrogens with zero attached hydrogens (tertiary/aromatic N) is 3. The van der Waals surface area contributed by atoms with Gasteiger partial charge in [-0.05, 0) is 111 Å². The van der Waals surface area contributed by atoms with Crippen LogP contribution in [-0.2, 0) is 6.54 Å². The molecule has 200 valence electrons. The van der Waals surface area contributed by atoms with Crippen LogP contribution in [0.4, 0.5) is 0 Å². The maximum atomic E-state index is 12.2. The molecule has 5 heteroatoms. The zero-order valence-electron chi connectivity index (χ0n) is 23.2. The summed E-state index contributed by atoms with van der Waals surface area (Å²) in [6.07, 6.45) is 17.9. The molecule has 4 fully saturated rings. The van der Waals surface area contributed by atoms with Gasteiger partial charge in [0.05, 0.1) is 29.5 Å².